The summed E-state index contributed by atoms with van der Waals surface area (Å²) in [5.41, 5.74) is 0.920. The lowest BCUT2D eigenvalue weighted by molar-refractivity contribution is -0.886. The number of hydrogen-bond acceptors (Lipinski definition) is 8. The summed E-state index contributed by atoms with van der Waals surface area (Å²) >= 11 is 0. The first-order valence-corrected chi connectivity index (χ1v) is 9.05. The fourth-order valence-corrected chi connectivity index (χ4v) is 1.68. The van der Waals surface area contributed by atoms with Gasteiger partial charge in [-0.2, -0.15) is 4.98 Å². The van der Waals surface area contributed by atoms with Gasteiger partial charge in [0.15, 0.2) is 17.2 Å². The maximum atomic E-state index is 5.12. The van der Waals surface area contributed by atoms with Crippen LogP contribution in [0.2, 0.25) is 0 Å². The molecule has 3 heterocycles. The van der Waals surface area contributed by atoms with Crippen LogP contribution in [0.1, 0.15) is 88.6 Å². The molecule has 0 radical (unpaired) electrons. The van der Waals surface area contributed by atoms with E-state index in [0.717, 1.165) is 11.5 Å². The van der Waals surface area contributed by atoms with Crippen molar-refractivity contribution in [1.29, 1.82) is 0 Å². The third-order valence-corrected chi connectivity index (χ3v) is 3.20. The molecule has 0 spiro atoms. The van der Waals surface area contributed by atoms with Crippen LogP contribution in [0.4, 0.5) is 0 Å². The van der Waals surface area contributed by atoms with E-state index in [1.807, 2.05) is 54.7 Å². The van der Waals surface area contributed by atoms with E-state index in [1.54, 1.807) is 18.6 Å². The standard InChI is InChI=1S/C6H11N2O.2C6H10N2O/c1-5(2)8-4-6(3)7-9-8;1-4(2)6-8-7-5(3)9-6;1-4(2)6-7-5(3)9-8-6/h4-5H,1-3H3;2*4H,1-3H3/q+1;;. The smallest absolute Gasteiger partial charge is 0.240 e. The zero-order valence-corrected chi connectivity index (χ0v) is 17.7. The van der Waals surface area contributed by atoms with E-state index >= 15 is 0 Å². The molecule has 0 saturated carbocycles. The minimum Gasteiger partial charge on any atom is -0.425 e. The Morgan fingerprint density at radius 3 is 1.74 bits per heavy atom. The molecule has 0 fully saturated rings. The molecular formula is C18H31N6O3+. The van der Waals surface area contributed by atoms with Crippen molar-refractivity contribution < 1.29 is 18.3 Å². The molecule has 0 aromatic carbocycles. The molecule has 3 rings (SSSR count). The van der Waals surface area contributed by atoms with Gasteiger partial charge >= 0.3 is 0 Å². The molecule has 150 valence electrons. The number of nitrogens with zero attached hydrogens (tertiary/aromatic N) is 6. The summed E-state index contributed by atoms with van der Waals surface area (Å²) in [6.07, 6.45) is 1.88. The molecule has 3 aromatic rings. The molecule has 0 aliphatic heterocycles. The lowest BCUT2D eigenvalue weighted by atomic mass is 10.2. The second kappa shape index (κ2) is 10.5. The molecule has 0 aliphatic rings. The van der Waals surface area contributed by atoms with Crippen LogP contribution in [0.5, 0.6) is 0 Å². The van der Waals surface area contributed by atoms with Crippen molar-refractivity contribution in [2.24, 2.45) is 0 Å². The van der Waals surface area contributed by atoms with Crippen LogP contribution in [-0.2, 0) is 0 Å². The Balaban J connectivity index is 0.000000202. The maximum Gasteiger partial charge on any atom is 0.240 e. The van der Waals surface area contributed by atoms with Crippen LogP contribution in [0.3, 0.4) is 0 Å². The maximum absolute atomic E-state index is 5.12. The largest absolute Gasteiger partial charge is 0.425 e. The predicted octanol–water partition coefficient (Wildman–Crippen LogP) is 3.85. The Labute approximate surface area is 160 Å². The van der Waals surface area contributed by atoms with E-state index in [9.17, 15) is 0 Å². The Kier molecular flexibility index (Phi) is 8.77. The first-order valence-electron chi connectivity index (χ1n) is 9.05. The van der Waals surface area contributed by atoms with Crippen LogP contribution in [0.25, 0.3) is 0 Å². The van der Waals surface area contributed by atoms with Crippen molar-refractivity contribution in [2.45, 2.75) is 80.2 Å². The van der Waals surface area contributed by atoms with Crippen LogP contribution < -0.4 is 4.74 Å². The van der Waals surface area contributed by atoms with Crippen LogP contribution >= 0.6 is 0 Å². The summed E-state index contributed by atoms with van der Waals surface area (Å²) in [4.78, 5) is 4.03. The molecule has 9 nitrogen and oxygen atoms in total. The van der Waals surface area contributed by atoms with Gasteiger partial charge in [-0.1, -0.05) is 42.2 Å². The second-order valence-corrected chi connectivity index (χ2v) is 7.04. The number of aromatic nitrogens is 6. The van der Waals surface area contributed by atoms with Gasteiger partial charge in [0, 0.05) is 32.6 Å². The summed E-state index contributed by atoms with van der Waals surface area (Å²) in [5.74, 6) is 3.48. The van der Waals surface area contributed by atoms with Crippen molar-refractivity contribution in [3.05, 3.63) is 35.4 Å². The van der Waals surface area contributed by atoms with Crippen molar-refractivity contribution >= 4 is 0 Å². The first-order chi connectivity index (χ1) is 12.6. The SMILES string of the molecule is Cc1c[n+](C(C)C)on1.Cc1nc(C(C)C)no1.Cc1nnc(C(C)C)o1. The molecule has 0 bridgehead atoms. The Morgan fingerprint density at radius 2 is 1.52 bits per heavy atom. The molecular weight excluding hydrogens is 348 g/mol. The molecule has 0 amide bonds. The van der Waals surface area contributed by atoms with E-state index < -0.39 is 0 Å². The zero-order chi connectivity index (χ0) is 20.6. The van der Waals surface area contributed by atoms with Crippen LogP contribution in [-0.4, -0.2) is 25.5 Å². The molecule has 3 aromatic heterocycles. The lowest BCUT2D eigenvalue weighted by Gasteiger charge is -1.92. The van der Waals surface area contributed by atoms with E-state index in [0.29, 0.717) is 35.5 Å². The van der Waals surface area contributed by atoms with Gasteiger partial charge in [-0.15, -0.1) is 10.2 Å². The highest BCUT2D eigenvalue weighted by atomic mass is 16.6. The van der Waals surface area contributed by atoms with E-state index in [2.05, 4.69) is 25.5 Å². The zero-order valence-electron chi connectivity index (χ0n) is 17.7. The molecule has 9 heteroatoms. The van der Waals surface area contributed by atoms with E-state index in [1.165, 1.54) is 0 Å². The highest BCUT2D eigenvalue weighted by Gasteiger charge is 2.09. The summed E-state index contributed by atoms with van der Waals surface area (Å²) in [6.45, 7) is 17.7. The van der Waals surface area contributed by atoms with Gasteiger partial charge < -0.3 is 8.94 Å². The number of rotatable bonds is 3. The van der Waals surface area contributed by atoms with Gasteiger partial charge in [0.1, 0.15) is 6.04 Å². The topological polar surface area (TPSA) is 108 Å². The van der Waals surface area contributed by atoms with Crippen molar-refractivity contribution in [1.82, 2.24) is 25.5 Å². The number of hydrogen-bond donors (Lipinski definition) is 0. The fraction of sp³-hybridized carbons (Fsp3) is 0.667. The van der Waals surface area contributed by atoms with Gasteiger partial charge in [0.25, 0.3) is 0 Å². The average molecular weight is 379 g/mol. The average Bonchev–Trinajstić information content (AvgIpc) is 3.30. The summed E-state index contributed by atoms with van der Waals surface area (Å²) in [7, 11) is 0. The number of aryl methyl sites for hydroxylation is 3. The highest BCUT2D eigenvalue weighted by molar-refractivity contribution is 4.89. The Morgan fingerprint density at radius 1 is 0.852 bits per heavy atom. The normalized spacial score (nSPS) is 10.7. The third kappa shape index (κ3) is 8.10. The van der Waals surface area contributed by atoms with Gasteiger partial charge in [-0.3, -0.25) is 0 Å². The Hall–Kier alpha value is -2.58. The highest BCUT2D eigenvalue weighted by Crippen LogP contribution is 2.10. The van der Waals surface area contributed by atoms with Crippen molar-refractivity contribution in [3.8, 4) is 0 Å². The van der Waals surface area contributed by atoms with Crippen molar-refractivity contribution in [3.63, 3.8) is 0 Å². The summed E-state index contributed by atoms with van der Waals surface area (Å²) in [5, 5.41) is 15.0. The first kappa shape index (κ1) is 22.5. The van der Waals surface area contributed by atoms with Gasteiger partial charge in [-0.05, 0) is 13.8 Å². The van der Waals surface area contributed by atoms with Gasteiger partial charge in [0.2, 0.25) is 23.4 Å². The predicted molar refractivity (Wildman–Crippen MR) is 98.1 cm³/mol. The van der Waals surface area contributed by atoms with E-state index in [4.69, 9.17) is 13.6 Å². The fourth-order valence-electron chi connectivity index (χ4n) is 1.68. The molecule has 0 aliphatic carbocycles. The Bertz CT molecular complexity index is 683. The van der Waals surface area contributed by atoms with E-state index in [-0.39, 0.29) is 0 Å². The molecule has 0 atom stereocenters. The monoisotopic (exact) mass is 379 g/mol. The van der Waals surface area contributed by atoms with Crippen LogP contribution in [0, 0.1) is 20.8 Å². The third-order valence-electron chi connectivity index (χ3n) is 3.20. The molecule has 0 N–H and O–H groups in total. The van der Waals surface area contributed by atoms with Crippen LogP contribution in [0.15, 0.2) is 19.8 Å². The quantitative estimate of drug-likeness (QED) is 0.631. The molecule has 0 saturated heterocycles. The minimum absolute atomic E-state index is 0.339. The van der Waals surface area contributed by atoms with Gasteiger partial charge in [-0.25, -0.2) is 0 Å². The molecule has 0 unspecified atom stereocenters. The minimum atomic E-state index is 0.339. The second-order valence-electron chi connectivity index (χ2n) is 7.04. The van der Waals surface area contributed by atoms with Crippen molar-refractivity contribution in [2.75, 3.05) is 0 Å². The lowest BCUT2D eigenvalue weighted by Crippen LogP contribution is -2.32. The molecule has 27 heavy (non-hydrogen) atoms. The van der Waals surface area contributed by atoms with Gasteiger partial charge in [0.05, 0.1) is 0 Å². The summed E-state index contributed by atoms with van der Waals surface area (Å²) in [6, 6.07) is 0.367. The summed E-state index contributed by atoms with van der Waals surface area (Å²) < 4.78 is 16.5.